The molecule has 2 rings (SSSR count). The van der Waals surface area contributed by atoms with Crippen LogP contribution >= 0.6 is 11.6 Å². The summed E-state index contributed by atoms with van der Waals surface area (Å²) in [6, 6.07) is 5.06. The van der Waals surface area contributed by atoms with Crippen molar-refractivity contribution in [1.82, 2.24) is 20.1 Å². The number of halogens is 1. The fraction of sp³-hybridized carbons (Fsp3) is 0.375. The highest BCUT2D eigenvalue weighted by atomic mass is 35.5. The van der Waals surface area contributed by atoms with Gasteiger partial charge in [0.25, 0.3) is 5.91 Å². The van der Waals surface area contributed by atoms with E-state index < -0.39 is 5.97 Å². The van der Waals surface area contributed by atoms with E-state index in [9.17, 15) is 9.59 Å². The van der Waals surface area contributed by atoms with E-state index in [0.29, 0.717) is 5.82 Å². The molecule has 2 heterocycles. The van der Waals surface area contributed by atoms with E-state index >= 15 is 0 Å². The fourth-order valence-electron chi connectivity index (χ4n) is 2.12. The van der Waals surface area contributed by atoms with Gasteiger partial charge in [-0.3, -0.25) is 4.79 Å². The molecule has 2 aromatic rings. The number of nitrogens with zero attached hydrogens (tertiary/aromatic N) is 3. The molecule has 0 aromatic carbocycles. The van der Waals surface area contributed by atoms with Gasteiger partial charge in [-0.05, 0) is 45.9 Å². The summed E-state index contributed by atoms with van der Waals surface area (Å²) in [4.78, 5) is 27.9. The highest BCUT2D eigenvalue weighted by molar-refractivity contribution is 6.33. The van der Waals surface area contributed by atoms with Crippen LogP contribution in [0.2, 0.25) is 5.02 Å². The van der Waals surface area contributed by atoms with Crippen LogP contribution < -0.4 is 5.32 Å². The van der Waals surface area contributed by atoms with Crippen molar-refractivity contribution in [1.29, 1.82) is 0 Å². The van der Waals surface area contributed by atoms with Gasteiger partial charge in [0.05, 0.1) is 10.7 Å². The monoisotopic (exact) mass is 350 g/mol. The number of amides is 1. The Hall–Kier alpha value is -2.41. The third-order valence-electron chi connectivity index (χ3n) is 3.04. The van der Waals surface area contributed by atoms with Crippen LogP contribution in [0.3, 0.4) is 0 Å². The summed E-state index contributed by atoms with van der Waals surface area (Å²) in [5, 5.41) is 7.09. The Morgan fingerprint density at radius 3 is 2.62 bits per heavy atom. The summed E-state index contributed by atoms with van der Waals surface area (Å²) in [7, 11) is 0. The van der Waals surface area contributed by atoms with E-state index in [1.165, 1.54) is 0 Å². The largest absolute Gasteiger partial charge is 0.451 e. The molecule has 0 unspecified atom stereocenters. The minimum atomic E-state index is -0.762. The first-order valence-electron chi connectivity index (χ1n) is 7.44. The van der Waals surface area contributed by atoms with Crippen LogP contribution in [0.5, 0.6) is 0 Å². The number of nitrogens with one attached hydrogen (secondary N) is 1. The van der Waals surface area contributed by atoms with E-state index in [2.05, 4.69) is 15.4 Å². The van der Waals surface area contributed by atoms with Crippen molar-refractivity contribution in [2.24, 2.45) is 0 Å². The number of aryl methyl sites for hydroxylation is 2. The number of pyridine rings is 1. The number of hydrogen-bond acceptors (Lipinski definition) is 5. The maximum atomic E-state index is 12.2. The van der Waals surface area contributed by atoms with Crippen LogP contribution in [-0.4, -0.2) is 39.3 Å². The lowest BCUT2D eigenvalue weighted by atomic mass is 10.3. The third kappa shape index (κ3) is 4.32. The molecule has 0 saturated carbocycles. The smallest absolute Gasteiger partial charge is 0.359 e. The Balaban J connectivity index is 2.18. The van der Waals surface area contributed by atoms with E-state index in [1.54, 1.807) is 16.8 Å². The number of ether oxygens (including phenoxy) is 1. The first kappa shape index (κ1) is 17.9. The number of hydrogen-bond donors (Lipinski definition) is 1. The highest BCUT2D eigenvalue weighted by Gasteiger charge is 2.18. The predicted octanol–water partition coefficient (Wildman–Crippen LogP) is 2.22. The molecule has 0 aliphatic heterocycles. The second kappa shape index (κ2) is 7.44. The van der Waals surface area contributed by atoms with Gasteiger partial charge >= 0.3 is 5.97 Å². The minimum Gasteiger partial charge on any atom is -0.451 e. The normalized spacial score (nSPS) is 10.8. The van der Waals surface area contributed by atoms with Crippen molar-refractivity contribution in [2.75, 3.05) is 6.61 Å². The zero-order valence-corrected chi connectivity index (χ0v) is 14.7. The summed E-state index contributed by atoms with van der Waals surface area (Å²) in [6.07, 6.45) is 0. The molecule has 7 nitrogen and oxygen atoms in total. The molecule has 8 heteroatoms. The maximum Gasteiger partial charge on any atom is 0.359 e. The molecule has 0 bridgehead atoms. The van der Waals surface area contributed by atoms with Crippen molar-refractivity contribution < 1.29 is 14.3 Å². The first-order valence-corrected chi connectivity index (χ1v) is 7.82. The van der Waals surface area contributed by atoms with Gasteiger partial charge in [-0.1, -0.05) is 11.6 Å². The summed E-state index contributed by atoms with van der Waals surface area (Å²) >= 11 is 6.03. The lowest BCUT2D eigenvalue weighted by Gasteiger charge is -2.10. The molecule has 0 fully saturated rings. The van der Waals surface area contributed by atoms with Crippen molar-refractivity contribution >= 4 is 23.5 Å². The Morgan fingerprint density at radius 1 is 1.33 bits per heavy atom. The number of carbonyl (C=O) groups is 2. The molecule has 0 aliphatic rings. The zero-order chi connectivity index (χ0) is 17.9. The van der Waals surface area contributed by atoms with Gasteiger partial charge in [0.15, 0.2) is 18.1 Å². The molecule has 1 amide bonds. The van der Waals surface area contributed by atoms with Crippen LogP contribution in [0, 0.1) is 13.8 Å². The number of esters is 1. The molecule has 2 aromatic heterocycles. The van der Waals surface area contributed by atoms with E-state index in [-0.39, 0.29) is 29.3 Å². The number of aromatic nitrogens is 3. The van der Waals surface area contributed by atoms with Gasteiger partial charge in [0.2, 0.25) is 0 Å². The van der Waals surface area contributed by atoms with Crippen molar-refractivity contribution in [3.05, 3.63) is 40.3 Å². The van der Waals surface area contributed by atoms with Crippen LogP contribution in [-0.2, 0) is 9.53 Å². The van der Waals surface area contributed by atoms with Gasteiger partial charge in [0.1, 0.15) is 0 Å². The standard InChI is InChI=1S/C16H19ClN4O3/c1-9(2)18-14(22)8-24-16(23)15-12(17)5-6-13(19-15)21-11(4)7-10(3)20-21/h5-7,9H,8H2,1-4H3,(H,18,22). The van der Waals surface area contributed by atoms with E-state index in [1.807, 2.05) is 33.8 Å². The van der Waals surface area contributed by atoms with Gasteiger partial charge in [0, 0.05) is 11.7 Å². The van der Waals surface area contributed by atoms with Crippen LogP contribution in [0.1, 0.15) is 35.7 Å². The van der Waals surface area contributed by atoms with E-state index in [4.69, 9.17) is 16.3 Å². The quantitative estimate of drug-likeness (QED) is 0.835. The topological polar surface area (TPSA) is 86.1 Å². The van der Waals surface area contributed by atoms with Crippen LogP contribution in [0.4, 0.5) is 0 Å². The number of rotatable bonds is 5. The Morgan fingerprint density at radius 2 is 2.04 bits per heavy atom. The summed E-state index contributed by atoms with van der Waals surface area (Å²) in [5.74, 6) is -0.699. The fourth-order valence-corrected chi connectivity index (χ4v) is 2.30. The molecular weight excluding hydrogens is 332 g/mol. The maximum absolute atomic E-state index is 12.2. The van der Waals surface area contributed by atoms with Gasteiger partial charge < -0.3 is 10.1 Å². The molecule has 0 radical (unpaired) electrons. The molecule has 1 N–H and O–H groups in total. The Bertz CT molecular complexity index is 771. The molecule has 0 spiro atoms. The third-order valence-corrected chi connectivity index (χ3v) is 3.34. The lowest BCUT2D eigenvalue weighted by Crippen LogP contribution is -2.34. The second-order valence-corrected chi connectivity index (χ2v) is 6.04. The first-order chi connectivity index (χ1) is 11.3. The summed E-state index contributed by atoms with van der Waals surface area (Å²) in [6.45, 7) is 6.98. The van der Waals surface area contributed by atoms with Crippen molar-refractivity contribution in [3.63, 3.8) is 0 Å². The van der Waals surface area contributed by atoms with Crippen LogP contribution in [0.15, 0.2) is 18.2 Å². The van der Waals surface area contributed by atoms with Gasteiger partial charge in [-0.2, -0.15) is 5.10 Å². The average Bonchev–Trinajstić information content (AvgIpc) is 2.83. The van der Waals surface area contributed by atoms with Crippen LogP contribution in [0.25, 0.3) is 5.82 Å². The average molecular weight is 351 g/mol. The lowest BCUT2D eigenvalue weighted by molar-refractivity contribution is -0.124. The number of carbonyl (C=O) groups excluding carboxylic acids is 2. The molecule has 24 heavy (non-hydrogen) atoms. The van der Waals surface area contributed by atoms with Crippen molar-refractivity contribution in [2.45, 2.75) is 33.7 Å². The van der Waals surface area contributed by atoms with E-state index in [0.717, 1.165) is 11.4 Å². The SMILES string of the molecule is Cc1cc(C)n(-c2ccc(Cl)c(C(=O)OCC(=O)NC(C)C)n2)n1. The molecular formula is C16H19ClN4O3. The summed E-state index contributed by atoms with van der Waals surface area (Å²) < 4.78 is 6.58. The van der Waals surface area contributed by atoms with Gasteiger partial charge in [-0.25, -0.2) is 14.5 Å². The molecule has 0 aliphatic carbocycles. The zero-order valence-electron chi connectivity index (χ0n) is 14.0. The molecule has 128 valence electrons. The molecule has 0 saturated heterocycles. The second-order valence-electron chi connectivity index (χ2n) is 5.64. The molecule has 0 atom stereocenters. The Labute approximate surface area is 145 Å². The summed E-state index contributed by atoms with van der Waals surface area (Å²) in [5.41, 5.74) is 1.65. The Kier molecular flexibility index (Phi) is 5.56. The van der Waals surface area contributed by atoms with Crippen molar-refractivity contribution in [3.8, 4) is 5.82 Å². The predicted molar refractivity (Wildman–Crippen MR) is 89.4 cm³/mol. The minimum absolute atomic E-state index is 0.0349. The highest BCUT2D eigenvalue weighted by Crippen LogP contribution is 2.18. The van der Waals surface area contributed by atoms with Gasteiger partial charge in [-0.15, -0.1) is 0 Å².